The average molecular weight is 403 g/mol. The van der Waals surface area contributed by atoms with Gasteiger partial charge in [0.15, 0.2) is 0 Å². The van der Waals surface area contributed by atoms with Crippen molar-refractivity contribution >= 4 is 52.3 Å². The van der Waals surface area contributed by atoms with Gasteiger partial charge < -0.3 is 5.32 Å². The molecule has 5 nitrogen and oxygen atoms in total. The molecule has 10 heteroatoms. The maximum absolute atomic E-state index is 12.8. The van der Waals surface area contributed by atoms with Crippen LogP contribution in [-0.4, -0.2) is 23.2 Å². The number of anilines is 1. The third kappa shape index (κ3) is 6.67. The Morgan fingerprint density at radius 3 is 2.38 bits per heavy atom. The molecular formula is C14H16Cl3F2N3O2. The minimum Gasteiger partial charge on any atom is -0.338 e. The quantitative estimate of drug-likeness (QED) is 0.480. The van der Waals surface area contributed by atoms with Crippen molar-refractivity contribution in [1.29, 1.82) is 0 Å². The molecule has 3 N–H and O–H groups in total. The first kappa shape index (κ1) is 20.7. The molecule has 0 bridgehead atoms. The predicted molar refractivity (Wildman–Crippen MR) is 90.4 cm³/mol. The van der Waals surface area contributed by atoms with Gasteiger partial charge in [-0.3, -0.25) is 20.4 Å². The number of hydrazine groups is 1. The number of rotatable bonds is 7. The van der Waals surface area contributed by atoms with Crippen LogP contribution in [0.5, 0.6) is 0 Å². The molecule has 2 amide bonds. The molecule has 1 rings (SSSR count). The Balaban J connectivity index is 2.75. The van der Waals surface area contributed by atoms with Crippen molar-refractivity contribution < 1.29 is 18.4 Å². The van der Waals surface area contributed by atoms with E-state index < -0.39 is 23.2 Å². The van der Waals surface area contributed by atoms with E-state index in [0.29, 0.717) is 10.7 Å². The topological polar surface area (TPSA) is 70.2 Å². The minimum atomic E-state index is -4.09. The zero-order valence-electron chi connectivity index (χ0n) is 12.8. The molecule has 1 aromatic carbocycles. The van der Waals surface area contributed by atoms with Crippen LogP contribution in [0.2, 0.25) is 10.0 Å². The fraction of sp³-hybridized carbons (Fsp3) is 0.429. The number of benzene rings is 1. The van der Waals surface area contributed by atoms with Gasteiger partial charge in [-0.15, -0.1) is 0 Å². The molecule has 1 atom stereocenters. The maximum atomic E-state index is 12.8. The molecule has 0 heterocycles. The normalized spacial score (nSPS) is 12.7. The summed E-state index contributed by atoms with van der Waals surface area (Å²) in [5.74, 6) is -2.50. The van der Waals surface area contributed by atoms with E-state index in [0.717, 1.165) is 0 Å². The Kier molecular flexibility index (Phi) is 7.51. The van der Waals surface area contributed by atoms with Gasteiger partial charge in [0, 0.05) is 5.02 Å². The fourth-order valence-electron chi connectivity index (χ4n) is 1.75. The fourth-order valence-corrected chi connectivity index (χ4v) is 2.26. The van der Waals surface area contributed by atoms with Crippen molar-refractivity contribution in [2.75, 3.05) is 5.43 Å². The molecule has 0 saturated carbocycles. The Morgan fingerprint density at radius 1 is 1.25 bits per heavy atom. The van der Waals surface area contributed by atoms with Gasteiger partial charge in [0.2, 0.25) is 0 Å². The molecule has 0 radical (unpaired) electrons. The molecule has 0 aliphatic carbocycles. The lowest BCUT2D eigenvalue weighted by Gasteiger charge is -2.21. The van der Waals surface area contributed by atoms with Gasteiger partial charge in [-0.1, -0.05) is 37.0 Å². The maximum Gasteiger partial charge on any atom is 0.399 e. The zero-order valence-corrected chi connectivity index (χ0v) is 15.1. The van der Waals surface area contributed by atoms with E-state index in [2.05, 4.69) is 22.5 Å². The molecule has 0 fully saturated rings. The molecule has 1 unspecified atom stereocenters. The minimum absolute atomic E-state index is 0.0379. The van der Waals surface area contributed by atoms with Crippen LogP contribution in [0.4, 0.5) is 14.5 Å². The van der Waals surface area contributed by atoms with Crippen molar-refractivity contribution in [3.8, 4) is 0 Å². The molecule has 0 aromatic heterocycles. The number of carbonyl (C=O) groups excluding carboxylic acids is 2. The number of amides is 2. The standard InChI is InChI=1S/C14H16Cl3F2N3O2/c1-7(2)5-11(20-13(24)14(17,18)19)12(23)22-21-10-4-3-8(15)6-9(10)16/h3-4,6-7,11,21H,5H2,1-2H3,(H,20,24)(H,22,23). The van der Waals surface area contributed by atoms with Crippen molar-refractivity contribution in [1.82, 2.24) is 10.7 Å². The van der Waals surface area contributed by atoms with Crippen molar-refractivity contribution in [2.45, 2.75) is 31.7 Å². The highest BCUT2D eigenvalue weighted by Gasteiger charge is 2.38. The first-order chi connectivity index (χ1) is 11.0. The van der Waals surface area contributed by atoms with Gasteiger partial charge in [-0.05, 0) is 42.1 Å². The first-order valence-corrected chi connectivity index (χ1v) is 8.02. The number of hydrogen-bond donors (Lipinski definition) is 3. The molecule has 0 saturated heterocycles. The first-order valence-electron chi connectivity index (χ1n) is 6.89. The Bertz CT molecular complexity index is 609. The Morgan fingerprint density at radius 2 is 1.88 bits per heavy atom. The highest BCUT2D eigenvalue weighted by Crippen LogP contribution is 2.24. The lowest BCUT2D eigenvalue weighted by atomic mass is 10.0. The summed E-state index contributed by atoms with van der Waals surface area (Å²) < 4.78 is 25.6. The molecule has 0 spiro atoms. The van der Waals surface area contributed by atoms with Gasteiger partial charge in [0.1, 0.15) is 6.04 Å². The van der Waals surface area contributed by atoms with E-state index in [-0.39, 0.29) is 17.4 Å². The Labute approximate surface area is 153 Å². The zero-order chi connectivity index (χ0) is 18.5. The number of nitrogens with one attached hydrogen (secondary N) is 3. The summed E-state index contributed by atoms with van der Waals surface area (Å²) in [6.45, 7) is 3.55. The molecular weight excluding hydrogens is 387 g/mol. The number of alkyl halides is 3. The van der Waals surface area contributed by atoms with Gasteiger partial charge >= 0.3 is 11.3 Å². The van der Waals surface area contributed by atoms with Crippen molar-refractivity contribution in [3.63, 3.8) is 0 Å². The van der Waals surface area contributed by atoms with E-state index >= 15 is 0 Å². The largest absolute Gasteiger partial charge is 0.399 e. The summed E-state index contributed by atoms with van der Waals surface area (Å²) >= 11 is 16.3. The monoisotopic (exact) mass is 401 g/mol. The van der Waals surface area contributed by atoms with Crippen molar-refractivity contribution in [3.05, 3.63) is 28.2 Å². The summed E-state index contributed by atoms with van der Waals surface area (Å²) in [7, 11) is 0. The molecule has 24 heavy (non-hydrogen) atoms. The van der Waals surface area contributed by atoms with Crippen LogP contribution in [0.1, 0.15) is 20.3 Å². The number of carbonyl (C=O) groups is 2. The van der Waals surface area contributed by atoms with Gasteiger partial charge in [0.25, 0.3) is 5.91 Å². The summed E-state index contributed by atoms with van der Waals surface area (Å²) in [5, 5.41) is -1.52. The number of hydrogen-bond acceptors (Lipinski definition) is 3. The summed E-state index contributed by atoms with van der Waals surface area (Å²) in [6.07, 6.45) is 0.139. The second kappa shape index (κ2) is 8.69. The van der Waals surface area contributed by atoms with Crippen LogP contribution >= 0.6 is 34.8 Å². The van der Waals surface area contributed by atoms with E-state index in [4.69, 9.17) is 23.2 Å². The summed E-state index contributed by atoms with van der Waals surface area (Å²) in [6, 6.07) is 3.33. The van der Waals surface area contributed by atoms with E-state index in [1.807, 2.05) is 5.32 Å². The third-order valence-corrected chi connectivity index (χ3v) is 3.56. The third-order valence-electron chi connectivity index (χ3n) is 2.84. The van der Waals surface area contributed by atoms with E-state index in [9.17, 15) is 18.4 Å². The molecule has 0 aliphatic rings. The van der Waals surface area contributed by atoms with Crippen LogP contribution in [0, 0.1) is 5.92 Å². The molecule has 0 aliphatic heterocycles. The Hall–Kier alpha value is -1.31. The lowest BCUT2D eigenvalue weighted by Crippen LogP contribution is -2.52. The predicted octanol–water partition coefficient (Wildman–Crippen LogP) is 3.80. The SMILES string of the molecule is CC(C)CC(NC(=O)C(F)(F)Cl)C(=O)NNc1ccc(Cl)cc1Cl. The average Bonchev–Trinajstić information content (AvgIpc) is 2.43. The highest BCUT2D eigenvalue weighted by molar-refractivity contribution is 6.36. The lowest BCUT2D eigenvalue weighted by molar-refractivity contribution is -0.139. The molecule has 134 valence electrons. The van der Waals surface area contributed by atoms with Crippen molar-refractivity contribution in [2.24, 2.45) is 5.92 Å². The van der Waals surface area contributed by atoms with Gasteiger partial charge in [0.05, 0.1) is 10.7 Å². The van der Waals surface area contributed by atoms with E-state index in [1.165, 1.54) is 12.1 Å². The highest BCUT2D eigenvalue weighted by atomic mass is 35.5. The second-order valence-corrected chi connectivity index (χ2v) is 6.71. The van der Waals surface area contributed by atoms with Crippen LogP contribution in [0.3, 0.4) is 0 Å². The van der Waals surface area contributed by atoms with Crippen LogP contribution in [0.15, 0.2) is 18.2 Å². The number of halogens is 5. The summed E-state index contributed by atoms with van der Waals surface area (Å²) in [5.41, 5.74) is 5.20. The van der Waals surface area contributed by atoms with E-state index in [1.54, 1.807) is 19.9 Å². The van der Waals surface area contributed by atoms with Crippen LogP contribution in [-0.2, 0) is 9.59 Å². The van der Waals surface area contributed by atoms with Crippen LogP contribution < -0.4 is 16.2 Å². The van der Waals surface area contributed by atoms with Gasteiger partial charge in [-0.25, -0.2) is 0 Å². The van der Waals surface area contributed by atoms with Gasteiger partial charge in [-0.2, -0.15) is 8.78 Å². The smallest absolute Gasteiger partial charge is 0.338 e. The second-order valence-electron chi connectivity index (χ2n) is 5.39. The van der Waals surface area contributed by atoms with Crippen LogP contribution in [0.25, 0.3) is 0 Å². The molecule has 1 aromatic rings. The summed E-state index contributed by atoms with van der Waals surface area (Å²) in [4.78, 5) is 23.4.